The molecule has 5 heteroatoms. The zero-order valence-electron chi connectivity index (χ0n) is 26.6. The van der Waals surface area contributed by atoms with E-state index in [4.69, 9.17) is 15.7 Å². The first kappa shape index (κ1) is 28.5. The molecule has 0 radical (unpaired) electrons. The number of hydrogen-bond acceptors (Lipinski definition) is 3. The van der Waals surface area contributed by atoms with E-state index in [2.05, 4.69) is 167 Å². The number of benzene rings is 4. The van der Waals surface area contributed by atoms with E-state index in [-0.39, 0.29) is 0 Å². The molecule has 5 heterocycles. The second-order valence-corrected chi connectivity index (χ2v) is 12.2. The van der Waals surface area contributed by atoms with Crippen LogP contribution in [0.15, 0.2) is 146 Å². The number of nitrogens with zero attached hydrogens (tertiary/aromatic N) is 3. The molecule has 2 aliphatic rings. The Kier molecular flexibility index (Phi) is 6.87. The molecule has 8 bridgehead atoms. The third-order valence-corrected chi connectivity index (χ3v) is 9.01. The first-order valence-electron chi connectivity index (χ1n) is 16.4. The molecule has 7 aromatic rings. The number of aromatic nitrogens is 4. The summed E-state index contributed by atoms with van der Waals surface area (Å²) in [6.07, 6.45) is 8.37. The van der Waals surface area contributed by atoms with Gasteiger partial charge in [-0.3, -0.25) is 0 Å². The number of nitrogens with two attached hydrogens (primary N) is 1. The first-order chi connectivity index (χ1) is 24.2. The van der Waals surface area contributed by atoms with Crippen LogP contribution in [-0.4, -0.2) is 19.5 Å². The van der Waals surface area contributed by atoms with Crippen LogP contribution < -0.4 is 5.73 Å². The summed E-state index contributed by atoms with van der Waals surface area (Å²) in [6, 6.07) is 50.6. The summed E-state index contributed by atoms with van der Waals surface area (Å²) >= 11 is 0. The van der Waals surface area contributed by atoms with Crippen molar-refractivity contribution in [2.75, 3.05) is 5.73 Å². The van der Waals surface area contributed by atoms with Crippen molar-refractivity contribution in [2.24, 2.45) is 0 Å². The standard InChI is InChI=1S/C44H31N5/c45-32-18-16-31(17-19-32)41-39-25-24-36(48-39)27-35-21-20-33(46-35)26-34-22-23-37(47-34)28-40-42(29-10-4-1-5-11-29)43(30-12-6-2-7-13-30)44(41)49(40)38-14-8-3-9-15-38/h1-28,46H,45H2. The number of nitrogens with one attached hydrogen (secondary N) is 1. The van der Waals surface area contributed by atoms with Crippen LogP contribution in [0.1, 0.15) is 22.8 Å². The fraction of sp³-hybridized carbons (Fsp3) is 0. The minimum absolute atomic E-state index is 0.709. The van der Waals surface area contributed by atoms with E-state index in [1.807, 2.05) is 12.1 Å². The molecule has 0 saturated carbocycles. The van der Waals surface area contributed by atoms with E-state index < -0.39 is 0 Å². The molecule has 3 aromatic heterocycles. The van der Waals surface area contributed by atoms with Gasteiger partial charge in [-0.2, -0.15) is 0 Å². The van der Waals surface area contributed by atoms with Crippen LogP contribution in [0.5, 0.6) is 0 Å². The van der Waals surface area contributed by atoms with Gasteiger partial charge in [-0.15, -0.1) is 0 Å². The van der Waals surface area contributed by atoms with Gasteiger partial charge in [0.2, 0.25) is 0 Å². The average molecular weight is 630 g/mol. The normalized spacial score (nSPS) is 12.0. The van der Waals surface area contributed by atoms with Gasteiger partial charge in [0.15, 0.2) is 0 Å². The molecular weight excluding hydrogens is 599 g/mol. The fourth-order valence-corrected chi connectivity index (χ4v) is 6.86. The summed E-state index contributed by atoms with van der Waals surface area (Å²) in [4.78, 5) is 13.9. The number of fused-ring (bicyclic) bond motifs is 8. The second-order valence-electron chi connectivity index (χ2n) is 12.2. The molecule has 0 unspecified atom stereocenters. The lowest BCUT2D eigenvalue weighted by atomic mass is 9.93. The van der Waals surface area contributed by atoms with Crippen molar-refractivity contribution in [1.82, 2.24) is 19.5 Å². The lowest BCUT2D eigenvalue weighted by molar-refractivity contribution is 1.17. The molecule has 0 saturated heterocycles. The summed E-state index contributed by atoms with van der Waals surface area (Å²) in [7, 11) is 0. The largest absolute Gasteiger partial charge is 0.399 e. The Balaban J connectivity index is 1.61. The number of para-hydroxylation sites is 1. The van der Waals surface area contributed by atoms with Gasteiger partial charge in [0, 0.05) is 39.1 Å². The summed E-state index contributed by atoms with van der Waals surface area (Å²) in [5, 5.41) is 0. The number of aromatic amines is 1. The SMILES string of the molecule is Nc1ccc(-c2c3nc(cc4ccc(cc5nc(cc6c(-c7ccccc7)c(-c7ccccc7)c2n6-c2ccccc2)C=C5)[nH]4)C=C3)cc1. The van der Waals surface area contributed by atoms with E-state index in [0.717, 1.165) is 83.9 Å². The lowest BCUT2D eigenvalue weighted by Crippen LogP contribution is -1.97. The van der Waals surface area contributed by atoms with Gasteiger partial charge in [-0.25, -0.2) is 9.97 Å². The molecule has 5 nitrogen and oxygen atoms in total. The van der Waals surface area contributed by atoms with Gasteiger partial charge in [-0.1, -0.05) is 91.0 Å². The Morgan fingerprint density at radius 1 is 0.469 bits per heavy atom. The van der Waals surface area contributed by atoms with Crippen LogP contribution in [0.3, 0.4) is 0 Å². The Bertz CT molecular complexity index is 2580. The highest BCUT2D eigenvalue weighted by Gasteiger charge is 2.25. The van der Waals surface area contributed by atoms with Crippen LogP contribution in [0.25, 0.3) is 85.4 Å². The van der Waals surface area contributed by atoms with E-state index in [1.165, 1.54) is 0 Å². The monoisotopic (exact) mass is 629 g/mol. The molecule has 0 atom stereocenters. The molecule has 9 rings (SSSR count). The molecule has 3 N–H and O–H groups in total. The Morgan fingerprint density at radius 3 is 1.65 bits per heavy atom. The quantitative estimate of drug-likeness (QED) is 0.190. The predicted octanol–water partition coefficient (Wildman–Crippen LogP) is 10.7. The van der Waals surface area contributed by atoms with Crippen molar-refractivity contribution in [1.29, 1.82) is 0 Å². The first-order valence-corrected chi connectivity index (χ1v) is 16.4. The third kappa shape index (κ3) is 5.24. The zero-order chi connectivity index (χ0) is 32.7. The smallest absolute Gasteiger partial charge is 0.0737 e. The summed E-state index contributed by atoms with van der Waals surface area (Å²) in [5.41, 5.74) is 22.0. The molecule has 0 spiro atoms. The Hall–Kier alpha value is -6.72. The maximum absolute atomic E-state index is 6.27. The van der Waals surface area contributed by atoms with Gasteiger partial charge < -0.3 is 15.3 Å². The molecule has 0 fully saturated rings. The van der Waals surface area contributed by atoms with Crippen LogP contribution >= 0.6 is 0 Å². The number of hydrogen-bond donors (Lipinski definition) is 2. The van der Waals surface area contributed by atoms with Crippen LogP contribution in [0.4, 0.5) is 5.69 Å². The second kappa shape index (κ2) is 11.8. The fourth-order valence-electron chi connectivity index (χ4n) is 6.86. The Labute approximate surface area is 284 Å². The van der Waals surface area contributed by atoms with Crippen molar-refractivity contribution in [3.8, 4) is 39.1 Å². The third-order valence-electron chi connectivity index (χ3n) is 9.01. The number of nitrogen functional groups attached to an aromatic ring is 1. The lowest BCUT2D eigenvalue weighted by Gasteiger charge is -2.13. The highest BCUT2D eigenvalue weighted by Crippen LogP contribution is 2.47. The molecule has 232 valence electrons. The van der Waals surface area contributed by atoms with E-state index in [9.17, 15) is 0 Å². The summed E-state index contributed by atoms with van der Waals surface area (Å²) in [5.74, 6) is 0. The Morgan fingerprint density at radius 2 is 1.00 bits per heavy atom. The average Bonchev–Trinajstić information content (AvgIpc) is 3.95. The van der Waals surface area contributed by atoms with Gasteiger partial charge >= 0.3 is 0 Å². The van der Waals surface area contributed by atoms with Gasteiger partial charge in [-0.05, 0) is 95.6 Å². The van der Waals surface area contributed by atoms with Crippen molar-refractivity contribution in [3.05, 3.63) is 168 Å². The molecule has 0 aliphatic carbocycles. The topological polar surface area (TPSA) is 72.5 Å². The van der Waals surface area contributed by atoms with Gasteiger partial charge in [0.1, 0.15) is 0 Å². The highest BCUT2D eigenvalue weighted by molar-refractivity contribution is 6.10. The number of H-pyrrole nitrogens is 1. The maximum Gasteiger partial charge on any atom is 0.0737 e. The van der Waals surface area contributed by atoms with Crippen LogP contribution in [0, 0.1) is 0 Å². The van der Waals surface area contributed by atoms with E-state index >= 15 is 0 Å². The van der Waals surface area contributed by atoms with Crippen molar-refractivity contribution >= 4 is 52.1 Å². The number of anilines is 1. The molecule has 2 aliphatic heterocycles. The summed E-state index contributed by atoms with van der Waals surface area (Å²) in [6.45, 7) is 0. The molecule has 4 aromatic carbocycles. The van der Waals surface area contributed by atoms with Crippen LogP contribution in [0.2, 0.25) is 0 Å². The van der Waals surface area contributed by atoms with Crippen molar-refractivity contribution in [3.63, 3.8) is 0 Å². The van der Waals surface area contributed by atoms with Crippen molar-refractivity contribution in [2.45, 2.75) is 0 Å². The van der Waals surface area contributed by atoms with Gasteiger partial charge in [0.05, 0.1) is 33.8 Å². The minimum atomic E-state index is 0.709. The van der Waals surface area contributed by atoms with E-state index in [0.29, 0.717) is 5.69 Å². The van der Waals surface area contributed by atoms with E-state index in [1.54, 1.807) is 0 Å². The number of rotatable bonds is 4. The minimum Gasteiger partial charge on any atom is -0.399 e. The van der Waals surface area contributed by atoms with Crippen LogP contribution in [-0.2, 0) is 0 Å². The predicted molar refractivity (Wildman–Crippen MR) is 205 cm³/mol. The van der Waals surface area contributed by atoms with Gasteiger partial charge in [0.25, 0.3) is 0 Å². The highest BCUT2D eigenvalue weighted by atomic mass is 15.0. The molecule has 49 heavy (non-hydrogen) atoms. The zero-order valence-corrected chi connectivity index (χ0v) is 26.6. The molecular formula is C44H31N5. The maximum atomic E-state index is 6.27. The summed E-state index contributed by atoms with van der Waals surface area (Å²) < 4.78 is 2.38. The molecule has 0 amide bonds. The van der Waals surface area contributed by atoms with Crippen molar-refractivity contribution < 1.29 is 0 Å².